The Bertz CT molecular complexity index is 435. The van der Waals surface area contributed by atoms with Gasteiger partial charge in [-0.3, -0.25) is 4.79 Å². The summed E-state index contributed by atoms with van der Waals surface area (Å²) in [6, 6.07) is 2.19. The van der Waals surface area contributed by atoms with Crippen molar-refractivity contribution in [2.45, 2.75) is 20.0 Å². The number of benzene rings is 1. The number of halogens is 5. The molecule has 0 radical (unpaired) electrons. The van der Waals surface area contributed by atoms with E-state index in [1.165, 1.54) is 0 Å². The van der Waals surface area contributed by atoms with Gasteiger partial charge in [-0.1, -0.05) is 0 Å². The zero-order chi connectivity index (χ0) is 13.2. The lowest BCUT2D eigenvalue weighted by atomic mass is 10.0. The Morgan fingerprint density at radius 1 is 1.29 bits per heavy atom. The minimum Gasteiger partial charge on any atom is -0.434 e. The second-order valence-electron chi connectivity index (χ2n) is 3.10. The van der Waals surface area contributed by atoms with Crippen LogP contribution in [-0.4, -0.2) is 12.4 Å². The smallest absolute Gasteiger partial charge is 0.387 e. The van der Waals surface area contributed by atoms with Crippen molar-refractivity contribution in [2.24, 2.45) is 0 Å². The monoisotopic (exact) mass is 362 g/mol. The predicted molar refractivity (Wildman–Crippen MR) is 60.8 cm³/mol. The predicted octanol–water partition coefficient (Wildman–Crippen LogP) is 4.03. The molecule has 7 heteroatoms. The first-order valence-electron chi connectivity index (χ1n) is 4.40. The molecule has 17 heavy (non-hydrogen) atoms. The topological polar surface area (TPSA) is 26.3 Å². The maximum atomic E-state index is 12.7. The van der Waals surface area contributed by atoms with Crippen LogP contribution in [0.25, 0.3) is 0 Å². The Morgan fingerprint density at radius 3 is 2.29 bits per heavy atom. The fourth-order valence-corrected chi connectivity index (χ4v) is 1.96. The highest BCUT2D eigenvalue weighted by atomic mass is 127. The van der Waals surface area contributed by atoms with E-state index in [-0.39, 0.29) is 0 Å². The highest BCUT2D eigenvalue weighted by molar-refractivity contribution is 14.1. The van der Waals surface area contributed by atoms with E-state index in [0.717, 1.165) is 19.1 Å². The molecular formula is C10H7F4IO2. The van der Waals surface area contributed by atoms with Gasteiger partial charge in [0.05, 0.1) is 5.56 Å². The number of Topliss-reactive ketones (excluding diaryl/α,β-unsaturated/α-hetero) is 1. The molecule has 94 valence electrons. The van der Waals surface area contributed by atoms with Gasteiger partial charge in [0.1, 0.15) is 5.75 Å². The van der Waals surface area contributed by atoms with E-state index in [1.54, 1.807) is 22.6 Å². The SMILES string of the molecule is CC(=O)c1c(OC(F)F)cc(I)cc1C(F)F. The number of alkyl halides is 4. The van der Waals surface area contributed by atoms with Gasteiger partial charge in [-0.15, -0.1) is 0 Å². The van der Waals surface area contributed by atoms with E-state index in [1.807, 2.05) is 0 Å². The molecule has 1 rings (SSSR count). The number of ketones is 1. The van der Waals surface area contributed by atoms with E-state index in [4.69, 9.17) is 0 Å². The van der Waals surface area contributed by atoms with Crippen molar-refractivity contribution < 1.29 is 27.1 Å². The average molecular weight is 362 g/mol. The molecule has 0 atom stereocenters. The van der Waals surface area contributed by atoms with Crippen molar-refractivity contribution in [3.8, 4) is 5.75 Å². The fraction of sp³-hybridized carbons (Fsp3) is 0.300. The van der Waals surface area contributed by atoms with E-state index < -0.39 is 35.7 Å². The van der Waals surface area contributed by atoms with Crippen LogP contribution in [-0.2, 0) is 0 Å². The van der Waals surface area contributed by atoms with E-state index >= 15 is 0 Å². The van der Waals surface area contributed by atoms with Crippen LogP contribution in [0.15, 0.2) is 12.1 Å². The summed E-state index contributed by atoms with van der Waals surface area (Å²) in [6.07, 6.45) is -2.93. The van der Waals surface area contributed by atoms with Crippen LogP contribution in [0, 0.1) is 3.57 Å². The number of carbonyl (C=O) groups excluding carboxylic acids is 1. The molecule has 1 aromatic carbocycles. The molecule has 0 fully saturated rings. The fourth-order valence-electron chi connectivity index (χ4n) is 1.34. The summed E-state index contributed by atoms with van der Waals surface area (Å²) in [5.74, 6) is -1.26. The number of hydrogen-bond acceptors (Lipinski definition) is 2. The van der Waals surface area contributed by atoms with E-state index in [0.29, 0.717) is 3.57 Å². The summed E-state index contributed by atoms with van der Waals surface area (Å²) in [5.41, 5.74) is -1.10. The van der Waals surface area contributed by atoms with Crippen molar-refractivity contribution in [3.63, 3.8) is 0 Å². The Kier molecular flexibility index (Phi) is 4.72. The summed E-state index contributed by atoms with van der Waals surface area (Å²) < 4.78 is 54.0. The third-order valence-corrected chi connectivity index (χ3v) is 2.52. The lowest BCUT2D eigenvalue weighted by Gasteiger charge is -2.13. The van der Waals surface area contributed by atoms with Gasteiger partial charge in [0.15, 0.2) is 5.78 Å². The minimum atomic E-state index is -3.17. The van der Waals surface area contributed by atoms with Crippen molar-refractivity contribution in [1.29, 1.82) is 0 Å². The van der Waals surface area contributed by atoms with Crippen LogP contribution < -0.4 is 4.74 Å². The molecule has 1 aromatic rings. The molecule has 0 aliphatic heterocycles. The second-order valence-corrected chi connectivity index (χ2v) is 4.35. The highest BCUT2D eigenvalue weighted by Crippen LogP contribution is 2.33. The average Bonchev–Trinajstić information content (AvgIpc) is 2.14. The quantitative estimate of drug-likeness (QED) is 0.459. The van der Waals surface area contributed by atoms with Crippen LogP contribution in [0.5, 0.6) is 5.75 Å². The molecule has 0 N–H and O–H groups in total. The highest BCUT2D eigenvalue weighted by Gasteiger charge is 2.23. The number of hydrogen-bond donors (Lipinski definition) is 0. The maximum absolute atomic E-state index is 12.7. The molecule has 0 aliphatic rings. The normalized spacial score (nSPS) is 11.1. The van der Waals surface area contributed by atoms with Crippen molar-refractivity contribution in [3.05, 3.63) is 26.8 Å². The summed E-state index contributed by atoms with van der Waals surface area (Å²) in [7, 11) is 0. The van der Waals surface area contributed by atoms with Gasteiger partial charge in [0.2, 0.25) is 0 Å². The molecule has 0 aliphatic carbocycles. The first kappa shape index (κ1) is 14.2. The zero-order valence-electron chi connectivity index (χ0n) is 8.52. The zero-order valence-corrected chi connectivity index (χ0v) is 10.7. The van der Waals surface area contributed by atoms with Gasteiger partial charge < -0.3 is 4.74 Å². The molecule has 0 heterocycles. The summed E-state index contributed by atoms with van der Waals surface area (Å²) >= 11 is 1.68. The molecule has 0 saturated carbocycles. The lowest BCUT2D eigenvalue weighted by molar-refractivity contribution is -0.0503. The third-order valence-electron chi connectivity index (χ3n) is 1.90. The molecular weight excluding hydrogens is 355 g/mol. The lowest BCUT2D eigenvalue weighted by Crippen LogP contribution is -2.10. The molecule has 0 bridgehead atoms. The minimum absolute atomic E-state index is 0.290. The van der Waals surface area contributed by atoms with E-state index in [9.17, 15) is 22.4 Å². The Labute approximate surface area is 108 Å². The van der Waals surface area contributed by atoms with Gasteiger partial charge in [0.25, 0.3) is 6.43 Å². The summed E-state index contributed by atoms with van der Waals surface area (Å²) in [4.78, 5) is 11.2. The molecule has 2 nitrogen and oxygen atoms in total. The standard InChI is InChI=1S/C10H7F4IO2/c1-4(16)8-6(9(11)12)2-5(15)3-7(8)17-10(13)14/h2-3,9-10H,1H3. The number of rotatable bonds is 4. The van der Waals surface area contributed by atoms with Crippen LogP contribution in [0.1, 0.15) is 29.3 Å². The van der Waals surface area contributed by atoms with Crippen LogP contribution in [0.3, 0.4) is 0 Å². The Balaban J connectivity index is 3.40. The Morgan fingerprint density at radius 2 is 1.88 bits per heavy atom. The molecule has 0 aromatic heterocycles. The summed E-state index contributed by atoms with van der Waals surface area (Å²) in [6.45, 7) is -2.15. The van der Waals surface area contributed by atoms with E-state index in [2.05, 4.69) is 4.74 Å². The molecule has 0 spiro atoms. The van der Waals surface area contributed by atoms with Crippen LogP contribution in [0.4, 0.5) is 17.6 Å². The molecule has 0 saturated heterocycles. The van der Waals surface area contributed by atoms with Gasteiger partial charge in [-0.05, 0) is 41.6 Å². The van der Waals surface area contributed by atoms with Gasteiger partial charge in [-0.2, -0.15) is 8.78 Å². The van der Waals surface area contributed by atoms with Crippen molar-refractivity contribution in [1.82, 2.24) is 0 Å². The Hall–Kier alpha value is -0.860. The second kappa shape index (κ2) is 5.65. The number of ether oxygens (including phenoxy) is 1. The maximum Gasteiger partial charge on any atom is 0.387 e. The number of carbonyl (C=O) groups is 1. The molecule has 0 amide bonds. The van der Waals surface area contributed by atoms with Gasteiger partial charge in [-0.25, -0.2) is 8.78 Å². The largest absolute Gasteiger partial charge is 0.434 e. The van der Waals surface area contributed by atoms with Crippen LogP contribution >= 0.6 is 22.6 Å². The van der Waals surface area contributed by atoms with Crippen molar-refractivity contribution >= 4 is 28.4 Å². The summed E-state index contributed by atoms with van der Waals surface area (Å²) in [5, 5.41) is 0. The van der Waals surface area contributed by atoms with Gasteiger partial charge >= 0.3 is 6.61 Å². The molecule has 0 unspecified atom stereocenters. The first-order chi connectivity index (χ1) is 7.82. The van der Waals surface area contributed by atoms with Gasteiger partial charge in [0, 0.05) is 9.13 Å². The third kappa shape index (κ3) is 3.55. The van der Waals surface area contributed by atoms with Crippen molar-refractivity contribution in [2.75, 3.05) is 0 Å². The first-order valence-corrected chi connectivity index (χ1v) is 5.48. The van der Waals surface area contributed by atoms with Crippen LogP contribution in [0.2, 0.25) is 0 Å².